The van der Waals surface area contributed by atoms with Crippen molar-refractivity contribution in [2.45, 2.75) is 133 Å². The third kappa shape index (κ3) is 0.977. The molecule has 9 saturated heterocycles. The fourth-order valence-electron chi connectivity index (χ4n) is 12.9. The SMILES string of the molecule is CCC(C12CCC(O1)C13CC12O3)(C12CCC(O1)C13CC12O3)C12CC(C(=O)O)C(O1)C13CC12O3. The first-order valence-corrected chi connectivity index (χ1v) is 13.2. The highest BCUT2D eigenvalue weighted by Crippen LogP contribution is 3.00. The first-order chi connectivity index (χ1) is 15.8. The maximum absolute atomic E-state index is 12.5. The van der Waals surface area contributed by atoms with Crippen molar-refractivity contribution >= 4 is 5.97 Å². The lowest BCUT2D eigenvalue weighted by atomic mass is 9.44. The van der Waals surface area contributed by atoms with Crippen LogP contribution in [0.4, 0.5) is 0 Å². The van der Waals surface area contributed by atoms with Crippen molar-refractivity contribution in [1.29, 1.82) is 0 Å². The van der Waals surface area contributed by atoms with Gasteiger partial charge >= 0.3 is 5.97 Å². The van der Waals surface area contributed by atoms with Gasteiger partial charge in [-0.3, -0.25) is 4.79 Å². The average molecular weight is 454 g/mol. The fraction of sp³-hybridized carbons (Fsp3) is 0.960. The summed E-state index contributed by atoms with van der Waals surface area (Å²) in [6.45, 7) is 2.27. The van der Waals surface area contributed by atoms with Gasteiger partial charge in [-0.05, 0) is 38.5 Å². The number of carbonyl (C=O) groups is 1. The van der Waals surface area contributed by atoms with Gasteiger partial charge in [0.2, 0.25) is 0 Å². The van der Waals surface area contributed by atoms with Gasteiger partial charge in [0.1, 0.15) is 56.5 Å². The molecule has 9 aliphatic heterocycles. The Morgan fingerprint density at radius 1 is 0.848 bits per heavy atom. The first kappa shape index (κ1) is 16.8. The summed E-state index contributed by atoms with van der Waals surface area (Å²) in [7, 11) is 0. The third-order valence-corrected chi connectivity index (χ3v) is 13.9. The number of fused-ring (bicyclic) bond motifs is 6. The Balaban J connectivity index is 1.20. The zero-order chi connectivity index (χ0) is 21.5. The molecule has 0 radical (unpaired) electrons. The van der Waals surface area contributed by atoms with Gasteiger partial charge in [0.15, 0.2) is 0 Å². The Morgan fingerprint density at radius 2 is 1.36 bits per heavy atom. The highest BCUT2D eigenvalue weighted by atomic mass is 16.8. The lowest BCUT2D eigenvalue weighted by Gasteiger charge is -2.64. The monoisotopic (exact) mass is 454 g/mol. The largest absolute Gasteiger partial charge is 0.481 e. The normalized spacial score (nSPS) is 79.7. The van der Waals surface area contributed by atoms with E-state index < -0.39 is 39.7 Å². The number of carboxylic acids is 1. The molecule has 12 fully saturated rings. The van der Waals surface area contributed by atoms with Gasteiger partial charge < -0.3 is 33.5 Å². The van der Waals surface area contributed by atoms with Gasteiger partial charge in [0.25, 0.3) is 0 Å². The number of epoxide rings is 3. The van der Waals surface area contributed by atoms with E-state index in [4.69, 9.17) is 28.4 Å². The van der Waals surface area contributed by atoms with Crippen molar-refractivity contribution in [3.05, 3.63) is 0 Å². The standard InChI is InChI=1S/C25H26O8/c1-2-19(20-5-3-12(28-20)16-8-23(16,20)31-16,21-6-4-13(29-21)17-9-24(17,21)32-17)22-7-11(15(26)27)14(30-22)18-10-25(18,22)33-18/h11-14H,2-10H2,1H3,(H,26,27). The maximum Gasteiger partial charge on any atom is 0.309 e. The highest BCUT2D eigenvalue weighted by Gasteiger charge is 3.16. The molecule has 12 rings (SSSR count). The average Bonchev–Trinajstić information content (AvgIpc) is 3.70. The van der Waals surface area contributed by atoms with Crippen molar-refractivity contribution in [3.8, 4) is 0 Å². The number of hydrogen-bond acceptors (Lipinski definition) is 7. The molecule has 0 aromatic carbocycles. The summed E-state index contributed by atoms with van der Waals surface area (Å²) >= 11 is 0. The van der Waals surface area contributed by atoms with E-state index in [1.165, 1.54) is 0 Å². The van der Waals surface area contributed by atoms with E-state index in [2.05, 4.69) is 6.92 Å². The van der Waals surface area contributed by atoms with Crippen LogP contribution in [-0.2, 0) is 33.2 Å². The Morgan fingerprint density at radius 3 is 1.82 bits per heavy atom. The number of ether oxygens (including phenoxy) is 6. The van der Waals surface area contributed by atoms with E-state index in [0.717, 1.165) is 51.4 Å². The van der Waals surface area contributed by atoms with Gasteiger partial charge in [0, 0.05) is 19.3 Å². The Bertz CT molecular complexity index is 1150. The lowest BCUT2D eigenvalue weighted by Crippen LogP contribution is -2.78. The summed E-state index contributed by atoms with van der Waals surface area (Å²) in [5, 5.41) is 10.2. The molecule has 1 N–H and O–H groups in total. The van der Waals surface area contributed by atoms with Crippen molar-refractivity contribution in [2.75, 3.05) is 0 Å². The Kier molecular flexibility index (Phi) is 1.83. The van der Waals surface area contributed by atoms with Crippen LogP contribution in [0.25, 0.3) is 0 Å². The second-order valence-corrected chi connectivity index (χ2v) is 13.7. The van der Waals surface area contributed by atoms with Crippen LogP contribution in [0.15, 0.2) is 0 Å². The quantitative estimate of drug-likeness (QED) is 0.619. The van der Waals surface area contributed by atoms with Gasteiger partial charge in [-0.2, -0.15) is 0 Å². The summed E-state index contributed by atoms with van der Waals surface area (Å²) in [5.74, 6) is -1.30. The molecule has 3 saturated carbocycles. The van der Waals surface area contributed by atoms with Crippen LogP contribution in [-0.4, -0.2) is 79.8 Å². The number of rotatable bonds is 5. The van der Waals surface area contributed by atoms with Crippen LogP contribution >= 0.6 is 0 Å². The van der Waals surface area contributed by atoms with E-state index in [9.17, 15) is 9.90 Å². The molecule has 6 bridgehead atoms. The molecule has 8 heteroatoms. The number of aliphatic carboxylic acids is 1. The zero-order valence-corrected chi connectivity index (χ0v) is 18.5. The van der Waals surface area contributed by atoms with Crippen LogP contribution in [0.3, 0.4) is 0 Å². The Labute approximate surface area is 189 Å². The molecule has 174 valence electrons. The van der Waals surface area contributed by atoms with Crippen LogP contribution in [0.5, 0.6) is 0 Å². The van der Waals surface area contributed by atoms with Crippen molar-refractivity contribution < 1.29 is 38.3 Å². The number of hydrogen-bond donors (Lipinski definition) is 1. The van der Waals surface area contributed by atoms with Crippen molar-refractivity contribution in [1.82, 2.24) is 0 Å². The van der Waals surface area contributed by atoms with E-state index in [-0.39, 0.29) is 46.3 Å². The molecule has 12 aliphatic rings. The summed E-state index contributed by atoms with van der Waals surface area (Å²) in [5.41, 5.74) is -3.83. The lowest BCUT2D eigenvalue weighted by molar-refractivity contribution is -0.343. The molecular formula is C25H26O8. The summed E-state index contributed by atoms with van der Waals surface area (Å²) in [6.07, 6.45) is 8.12. The Hall–Kier alpha value is -0.770. The molecular weight excluding hydrogens is 428 g/mol. The van der Waals surface area contributed by atoms with Gasteiger partial charge in [-0.25, -0.2) is 0 Å². The molecule has 9 heterocycles. The minimum absolute atomic E-state index is 0.107. The van der Waals surface area contributed by atoms with E-state index >= 15 is 0 Å². The van der Waals surface area contributed by atoms with E-state index in [1.54, 1.807) is 0 Å². The van der Waals surface area contributed by atoms with Crippen LogP contribution < -0.4 is 0 Å². The predicted molar refractivity (Wildman–Crippen MR) is 103 cm³/mol. The molecule has 13 unspecified atom stereocenters. The molecule has 3 aliphatic carbocycles. The molecule has 33 heavy (non-hydrogen) atoms. The third-order valence-electron chi connectivity index (χ3n) is 13.9. The molecule has 8 nitrogen and oxygen atoms in total. The zero-order valence-electron chi connectivity index (χ0n) is 18.5. The van der Waals surface area contributed by atoms with Crippen LogP contribution in [0.2, 0.25) is 0 Å². The summed E-state index contributed by atoms with van der Waals surface area (Å²) in [6, 6.07) is 0. The van der Waals surface area contributed by atoms with E-state index in [1.807, 2.05) is 0 Å². The van der Waals surface area contributed by atoms with Gasteiger partial charge in [-0.1, -0.05) is 6.92 Å². The molecule has 0 aromatic rings. The van der Waals surface area contributed by atoms with Crippen molar-refractivity contribution in [2.24, 2.45) is 11.3 Å². The minimum atomic E-state index is -0.760. The summed E-state index contributed by atoms with van der Waals surface area (Å²) < 4.78 is 41.0. The van der Waals surface area contributed by atoms with Gasteiger partial charge in [-0.15, -0.1) is 0 Å². The van der Waals surface area contributed by atoms with E-state index in [0.29, 0.717) is 6.42 Å². The fourth-order valence-corrected chi connectivity index (χ4v) is 12.9. The second kappa shape index (κ2) is 3.58. The second-order valence-electron chi connectivity index (χ2n) is 13.7. The van der Waals surface area contributed by atoms with Crippen LogP contribution in [0, 0.1) is 11.3 Å². The highest BCUT2D eigenvalue weighted by molar-refractivity contribution is 5.76. The maximum atomic E-state index is 12.5. The molecule has 0 aromatic heterocycles. The topological polar surface area (TPSA) is 103 Å². The summed E-state index contributed by atoms with van der Waals surface area (Å²) in [4.78, 5) is 12.5. The molecule has 0 spiro atoms. The minimum Gasteiger partial charge on any atom is -0.481 e. The molecule has 13 atom stereocenters. The predicted octanol–water partition coefficient (Wildman–Crippen LogP) is 1.22. The first-order valence-electron chi connectivity index (χ1n) is 13.2. The number of carboxylic acid groups (broad SMARTS) is 1. The smallest absolute Gasteiger partial charge is 0.309 e. The van der Waals surface area contributed by atoms with Gasteiger partial charge in [0.05, 0.1) is 23.5 Å². The van der Waals surface area contributed by atoms with Crippen LogP contribution in [0.1, 0.15) is 64.7 Å². The van der Waals surface area contributed by atoms with Crippen molar-refractivity contribution in [3.63, 3.8) is 0 Å². The molecule has 0 amide bonds.